The van der Waals surface area contributed by atoms with Crippen LogP contribution in [0, 0.1) is 32.6 Å². The Morgan fingerprint density at radius 2 is 1.85 bits per heavy atom. The summed E-state index contributed by atoms with van der Waals surface area (Å²) in [5, 5.41) is 25.3. The molecule has 2 aromatic heterocycles. The Labute approximate surface area is 274 Å². The van der Waals surface area contributed by atoms with Gasteiger partial charge in [0.1, 0.15) is 16.9 Å². The van der Waals surface area contributed by atoms with Crippen LogP contribution < -0.4 is 16.4 Å². The Morgan fingerprint density at radius 1 is 1.09 bits per heavy atom. The molecule has 0 aliphatic carbocycles. The summed E-state index contributed by atoms with van der Waals surface area (Å²) in [6.07, 6.45) is 0.504. The SMILES string of the molecule is Cc1sc2c(c1C)C(c1ccc(Cl)cc1)=NC(CC(=O)NCCCC(=O)Nc1cc(C#CCN)cc(C(=O)O)c1)c1nnc(C)n1-2. The summed E-state index contributed by atoms with van der Waals surface area (Å²) < 4.78 is 1.99. The zero-order valence-electron chi connectivity index (χ0n) is 25.5. The minimum atomic E-state index is -1.14. The number of thiophene rings is 1. The Balaban J connectivity index is 1.27. The smallest absolute Gasteiger partial charge is 0.335 e. The van der Waals surface area contributed by atoms with E-state index in [4.69, 9.17) is 22.3 Å². The lowest BCUT2D eigenvalue weighted by Gasteiger charge is -2.13. The number of hydrogen-bond donors (Lipinski definition) is 4. The lowest BCUT2D eigenvalue weighted by Crippen LogP contribution is -2.27. The van der Waals surface area contributed by atoms with E-state index in [1.807, 2.05) is 35.8 Å². The first-order valence-electron chi connectivity index (χ1n) is 14.6. The number of amides is 2. The molecule has 3 heterocycles. The van der Waals surface area contributed by atoms with E-state index >= 15 is 0 Å². The number of halogens is 1. The second-order valence-electron chi connectivity index (χ2n) is 10.7. The highest BCUT2D eigenvalue weighted by Crippen LogP contribution is 2.39. The van der Waals surface area contributed by atoms with Crippen LogP contribution in [-0.2, 0) is 9.59 Å². The van der Waals surface area contributed by atoms with Crippen LogP contribution in [0.15, 0.2) is 47.5 Å². The quantitative estimate of drug-likeness (QED) is 0.149. The maximum atomic E-state index is 13.2. The van der Waals surface area contributed by atoms with Crippen LogP contribution in [0.3, 0.4) is 0 Å². The number of carboxylic acids is 1. The Kier molecular flexibility index (Phi) is 9.96. The fraction of sp³-hybridized carbons (Fsp3) is 0.273. The summed E-state index contributed by atoms with van der Waals surface area (Å²) in [7, 11) is 0. The molecule has 0 fully saturated rings. The van der Waals surface area contributed by atoms with Crippen molar-refractivity contribution in [3.8, 4) is 16.8 Å². The van der Waals surface area contributed by atoms with Crippen LogP contribution in [-0.4, -0.2) is 56.5 Å². The normalized spacial score (nSPS) is 13.4. The van der Waals surface area contributed by atoms with Gasteiger partial charge < -0.3 is 21.5 Å². The number of aryl methyl sites for hydroxylation is 2. The number of benzene rings is 2. The van der Waals surface area contributed by atoms with Gasteiger partial charge in [0.25, 0.3) is 0 Å². The third kappa shape index (κ3) is 7.18. The second-order valence-corrected chi connectivity index (χ2v) is 12.4. The predicted molar refractivity (Wildman–Crippen MR) is 178 cm³/mol. The molecule has 1 atom stereocenters. The molecule has 13 heteroatoms. The standard InChI is InChI=1S/C33H32ClN7O4S/c1-18-19(2)46-32-29(18)30(22-8-10-24(34)11-9-22)38-26(31-40-39-20(3)41(31)32)17-28(43)36-13-5-7-27(42)37-25-15-21(6-4-12-35)14-23(16-25)33(44)45/h8-11,14-16,26H,5,7,12-13,17,35H2,1-3H3,(H,36,43)(H,37,42)(H,44,45). The average Bonchev–Trinajstić information content (AvgIpc) is 3.50. The predicted octanol–water partition coefficient (Wildman–Crippen LogP) is 4.73. The number of fused-ring (bicyclic) bond motifs is 3. The number of nitrogens with zero attached hydrogens (tertiary/aromatic N) is 4. The highest BCUT2D eigenvalue weighted by Gasteiger charge is 2.32. The van der Waals surface area contributed by atoms with Crippen molar-refractivity contribution in [2.75, 3.05) is 18.4 Å². The molecule has 0 saturated carbocycles. The Hall–Kier alpha value is -4.83. The molecule has 46 heavy (non-hydrogen) atoms. The van der Waals surface area contributed by atoms with Crippen molar-refractivity contribution in [3.63, 3.8) is 0 Å². The molecular formula is C33H32ClN7O4S. The first kappa shape index (κ1) is 32.6. The van der Waals surface area contributed by atoms with Gasteiger partial charge in [-0.2, -0.15) is 0 Å². The molecule has 5 rings (SSSR count). The van der Waals surface area contributed by atoms with Crippen LogP contribution in [0.1, 0.15) is 74.4 Å². The van der Waals surface area contributed by atoms with Gasteiger partial charge in [-0.15, -0.1) is 21.5 Å². The Morgan fingerprint density at radius 3 is 2.57 bits per heavy atom. The van der Waals surface area contributed by atoms with E-state index in [9.17, 15) is 19.5 Å². The third-order valence-corrected chi connectivity index (χ3v) is 8.88. The van der Waals surface area contributed by atoms with Gasteiger partial charge in [-0.25, -0.2) is 4.79 Å². The minimum absolute atomic E-state index is 0.00172. The summed E-state index contributed by atoms with van der Waals surface area (Å²) in [4.78, 5) is 43.6. The van der Waals surface area contributed by atoms with E-state index < -0.39 is 12.0 Å². The topological polar surface area (TPSA) is 165 Å². The zero-order chi connectivity index (χ0) is 33.0. The molecule has 2 amide bonds. The van der Waals surface area contributed by atoms with Gasteiger partial charge in [0.15, 0.2) is 5.82 Å². The lowest BCUT2D eigenvalue weighted by atomic mass is 9.99. The first-order chi connectivity index (χ1) is 22.0. The molecule has 1 unspecified atom stereocenters. The van der Waals surface area contributed by atoms with E-state index in [0.717, 1.165) is 32.3 Å². The number of nitrogens with two attached hydrogens (primary N) is 1. The minimum Gasteiger partial charge on any atom is -0.478 e. The van der Waals surface area contributed by atoms with Gasteiger partial charge in [0, 0.05) is 45.2 Å². The number of anilines is 1. The molecular weight excluding hydrogens is 626 g/mol. The Bertz CT molecular complexity index is 1920. The van der Waals surface area contributed by atoms with Crippen molar-refractivity contribution < 1.29 is 19.5 Å². The highest BCUT2D eigenvalue weighted by molar-refractivity contribution is 7.15. The summed E-state index contributed by atoms with van der Waals surface area (Å²) in [5.74, 6) is 5.04. The van der Waals surface area contributed by atoms with Gasteiger partial charge in [-0.05, 0) is 63.1 Å². The van der Waals surface area contributed by atoms with Gasteiger partial charge in [0.2, 0.25) is 11.8 Å². The fourth-order valence-corrected chi connectivity index (χ4v) is 6.47. The average molecular weight is 658 g/mol. The van der Waals surface area contributed by atoms with Crippen molar-refractivity contribution in [2.24, 2.45) is 10.7 Å². The summed E-state index contributed by atoms with van der Waals surface area (Å²) >= 11 is 7.82. The van der Waals surface area contributed by atoms with E-state index in [2.05, 4.69) is 46.5 Å². The molecule has 4 aromatic rings. The van der Waals surface area contributed by atoms with Gasteiger partial charge in [-0.1, -0.05) is 35.6 Å². The number of hydrogen-bond acceptors (Lipinski definition) is 8. The zero-order valence-corrected chi connectivity index (χ0v) is 27.1. The van der Waals surface area contributed by atoms with Crippen LogP contribution in [0.5, 0.6) is 0 Å². The molecule has 0 bridgehead atoms. The van der Waals surface area contributed by atoms with E-state index in [0.29, 0.717) is 34.3 Å². The number of nitrogens with one attached hydrogen (secondary N) is 2. The number of carbonyl (C=O) groups is 3. The molecule has 5 N–H and O–H groups in total. The van der Waals surface area contributed by atoms with E-state index in [-0.39, 0.29) is 43.3 Å². The van der Waals surface area contributed by atoms with Crippen molar-refractivity contribution in [3.05, 3.63) is 91.8 Å². The van der Waals surface area contributed by atoms with Crippen molar-refractivity contribution >= 4 is 52.1 Å². The monoisotopic (exact) mass is 657 g/mol. The molecule has 0 saturated heterocycles. The molecule has 0 radical (unpaired) electrons. The lowest BCUT2D eigenvalue weighted by molar-refractivity contribution is -0.122. The van der Waals surface area contributed by atoms with Gasteiger partial charge >= 0.3 is 5.97 Å². The third-order valence-electron chi connectivity index (χ3n) is 7.44. The highest BCUT2D eigenvalue weighted by atomic mass is 35.5. The number of aromatic nitrogens is 3. The molecule has 2 aromatic carbocycles. The van der Waals surface area contributed by atoms with Gasteiger partial charge in [-0.3, -0.25) is 19.1 Å². The van der Waals surface area contributed by atoms with Crippen LogP contribution in [0.4, 0.5) is 5.69 Å². The number of carbonyl (C=O) groups excluding carboxylic acids is 2. The number of aliphatic imine (C=N–C) groups is 1. The summed E-state index contributed by atoms with van der Waals surface area (Å²) in [5.41, 5.74) is 9.89. The number of carboxylic acid groups (broad SMARTS) is 1. The molecule has 1 aliphatic rings. The maximum absolute atomic E-state index is 13.2. The van der Waals surface area contributed by atoms with Crippen molar-refractivity contribution in [1.82, 2.24) is 20.1 Å². The number of aromatic carboxylic acids is 1. The van der Waals surface area contributed by atoms with Crippen molar-refractivity contribution in [2.45, 2.75) is 46.1 Å². The maximum Gasteiger partial charge on any atom is 0.335 e. The largest absolute Gasteiger partial charge is 0.478 e. The molecule has 1 aliphatic heterocycles. The first-order valence-corrected chi connectivity index (χ1v) is 15.8. The van der Waals surface area contributed by atoms with Crippen LogP contribution >= 0.6 is 22.9 Å². The van der Waals surface area contributed by atoms with E-state index in [1.165, 1.54) is 12.1 Å². The summed E-state index contributed by atoms with van der Waals surface area (Å²) in [6, 6.07) is 11.2. The number of rotatable bonds is 9. The summed E-state index contributed by atoms with van der Waals surface area (Å²) in [6.45, 7) is 6.40. The second kappa shape index (κ2) is 14.1. The van der Waals surface area contributed by atoms with E-state index in [1.54, 1.807) is 17.4 Å². The molecule has 11 nitrogen and oxygen atoms in total. The van der Waals surface area contributed by atoms with Crippen LogP contribution in [0.25, 0.3) is 5.00 Å². The van der Waals surface area contributed by atoms with Crippen LogP contribution in [0.2, 0.25) is 5.02 Å². The fourth-order valence-electron chi connectivity index (χ4n) is 5.13. The molecule has 236 valence electrons. The molecule has 0 spiro atoms. The van der Waals surface area contributed by atoms with Crippen molar-refractivity contribution in [1.29, 1.82) is 0 Å². The van der Waals surface area contributed by atoms with Gasteiger partial charge in [0.05, 0.1) is 24.2 Å².